The van der Waals surface area contributed by atoms with Gasteiger partial charge in [-0.15, -0.1) is 11.3 Å². The Hall–Kier alpha value is -2.11. The van der Waals surface area contributed by atoms with Crippen molar-refractivity contribution in [2.75, 3.05) is 0 Å². The molecular weight excluding hydrogens is 356 g/mol. The Morgan fingerprint density at radius 1 is 1.32 bits per heavy atom. The molecule has 1 aliphatic carbocycles. The van der Waals surface area contributed by atoms with Crippen LogP contribution in [0.5, 0.6) is 0 Å². The number of carbonyl (C=O) groups excluding carboxylic acids is 1. The SMILES string of the molecule is CC(NC(=O)c1cn(C2CC2)c2sc(Cl)cc2c1=O)c1ccccc1. The number of thiophene rings is 1. The number of rotatable bonds is 4. The third kappa shape index (κ3) is 3.10. The molecule has 1 atom stereocenters. The van der Waals surface area contributed by atoms with Crippen molar-refractivity contribution in [3.8, 4) is 0 Å². The maximum absolute atomic E-state index is 12.8. The van der Waals surface area contributed by atoms with E-state index >= 15 is 0 Å². The van der Waals surface area contributed by atoms with Crippen LogP contribution in [-0.2, 0) is 0 Å². The van der Waals surface area contributed by atoms with E-state index in [4.69, 9.17) is 11.6 Å². The standard InChI is InChI=1S/C19H17ClN2O2S/c1-11(12-5-3-2-4-6-12)21-18(24)15-10-22(13-7-8-13)19-14(17(15)23)9-16(20)25-19/h2-6,9-11,13H,7-8H2,1H3,(H,21,24). The number of carbonyl (C=O) groups is 1. The van der Waals surface area contributed by atoms with Crippen LogP contribution in [0.2, 0.25) is 4.34 Å². The topological polar surface area (TPSA) is 51.1 Å². The van der Waals surface area contributed by atoms with Crippen molar-refractivity contribution in [2.45, 2.75) is 31.8 Å². The molecule has 0 bridgehead atoms. The first kappa shape index (κ1) is 16.4. The Labute approximate surface area is 154 Å². The van der Waals surface area contributed by atoms with Gasteiger partial charge in [-0.25, -0.2) is 0 Å². The average molecular weight is 373 g/mol. The molecule has 4 rings (SSSR count). The molecular formula is C19H17ClN2O2S. The molecule has 25 heavy (non-hydrogen) atoms. The normalized spacial score (nSPS) is 15.3. The summed E-state index contributed by atoms with van der Waals surface area (Å²) < 4.78 is 2.60. The highest BCUT2D eigenvalue weighted by Crippen LogP contribution is 2.39. The Balaban J connectivity index is 1.72. The third-order valence-electron chi connectivity index (χ3n) is 4.51. The second kappa shape index (κ2) is 6.32. The van der Waals surface area contributed by atoms with Crippen molar-refractivity contribution in [2.24, 2.45) is 0 Å². The van der Waals surface area contributed by atoms with E-state index in [0.29, 0.717) is 15.8 Å². The quantitative estimate of drug-likeness (QED) is 0.730. The second-order valence-corrected chi connectivity index (χ2v) is 8.05. The van der Waals surface area contributed by atoms with Gasteiger partial charge in [0.1, 0.15) is 10.4 Å². The fourth-order valence-corrected chi connectivity index (χ4v) is 4.25. The number of amides is 1. The van der Waals surface area contributed by atoms with Gasteiger partial charge >= 0.3 is 0 Å². The van der Waals surface area contributed by atoms with Crippen molar-refractivity contribution >= 4 is 39.1 Å². The molecule has 2 heterocycles. The van der Waals surface area contributed by atoms with Gasteiger partial charge in [0.25, 0.3) is 5.91 Å². The summed E-state index contributed by atoms with van der Waals surface area (Å²) in [5, 5.41) is 3.46. The number of nitrogens with zero attached hydrogens (tertiary/aromatic N) is 1. The van der Waals surface area contributed by atoms with E-state index in [1.165, 1.54) is 11.3 Å². The van der Waals surface area contributed by atoms with Crippen LogP contribution in [0.25, 0.3) is 10.2 Å². The monoisotopic (exact) mass is 372 g/mol. The van der Waals surface area contributed by atoms with E-state index in [2.05, 4.69) is 5.32 Å². The molecule has 1 fully saturated rings. The molecule has 1 aliphatic rings. The Bertz CT molecular complexity index is 1010. The van der Waals surface area contributed by atoms with Crippen LogP contribution in [0.1, 0.15) is 47.8 Å². The van der Waals surface area contributed by atoms with Gasteiger partial charge in [-0.05, 0) is 31.4 Å². The summed E-state index contributed by atoms with van der Waals surface area (Å²) in [7, 11) is 0. The first-order valence-electron chi connectivity index (χ1n) is 8.24. The minimum absolute atomic E-state index is 0.177. The first-order chi connectivity index (χ1) is 12.0. The summed E-state index contributed by atoms with van der Waals surface area (Å²) in [4.78, 5) is 26.4. The van der Waals surface area contributed by atoms with Crippen LogP contribution in [0, 0.1) is 0 Å². The molecule has 6 heteroatoms. The maximum atomic E-state index is 12.8. The van der Waals surface area contributed by atoms with Gasteiger partial charge in [0, 0.05) is 12.2 Å². The van der Waals surface area contributed by atoms with E-state index in [9.17, 15) is 9.59 Å². The lowest BCUT2D eigenvalue weighted by Gasteiger charge is -2.15. The summed E-state index contributed by atoms with van der Waals surface area (Å²) in [6.45, 7) is 1.91. The molecule has 1 amide bonds. The summed E-state index contributed by atoms with van der Waals surface area (Å²) in [6, 6.07) is 11.5. The van der Waals surface area contributed by atoms with Gasteiger partial charge in [-0.2, -0.15) is 0 Å². The van der Waals surface area contributed by atoms with Crippen molar-refractivity contribution in [3.63, 3.8) is 0 Å². The fourth-order valence-electron chi connectivity index (χ4n) is 2.99. The number of pyridine rings is 1. The molecule has 0 spiro atoms. The Kier molecular flexibility index (Phi) is 4.13. The van der Waals surface area contributed by atoms with Gasteiger partial charge in [-0.1, -0.05) is 41.9 Å². The molecule has 0 saturated heterocycles. The molecule has 1 unspecified atom stereocenters. The van der Waals surface area contributed by atoms with E-state index in [0.717, 1.165) is 23.2 Å². The van der Waals surface area contributed by atoms with Crippen molar-refractivity contribution in [3.05, 3.63) is 68.3 Å². The first-order valence-corrected chi connectivity index (χ1v) is 9.44. The molecule has 0 radical (unpaired) electrons. The third-order valence-corrected chi connectivity index (χ3v) is 5.78. The lowest BCUT2D eigenvalue weighted by Crippen LogP contribution is -2.31. The van der Waals surface area contributed by atoms with E-state index < -0.39 is 0 Å². The predicted octanol–water partition coefficient (Wildman–Crippen LogP) is 4.54. The molecule has 1 aromatic carbocycles. The number of nitrogens with one attached hydrogen (secondary N) is 1. The van der Waals surface area contributed by atoms with Crippen LogP contribution in [0.3, 0.4) is 0 Å². The zero-order valence-corrected chi connectivity index (χ0v) is 15.2. The van der Waals surface area contributed by atoms with Gasteiger partial charge in [0.2, 0.25) is 5.43 Å². The summed E-state index contributed by atoms with van der Waals surface area (Å²) in [5.74, 6) is -0.347. The average Bonchev–Trinajstić information content (AvgIpc) is 3.37. The number of fused-ring (bicyclic) bond motifs is 1. The zero-order valence-electron chi connectivity index (χ0n) is 13.7. The minimum Gasteiger partial charge on any atom is -0.345 e. The number of aromatic nitrogens is 1. The lowest BCUT2D eigenvalue weighted by atomic mass is 10.1. The van der Waals surface area contributed by atoms with E-state index in [1.807, 2.05) is 41.8 Å². The molecule has 3 aromatic rings. The van der Waals surface area contributed by atoms with Crippen LogP contribution in [0.4, 0.5) is 0 Å². The smallest absolute Gasteiger partial charge is 0.257 e. The largest absolute Gasteiger partial charge is 0.345 e. The number of hydrogen-bond acceptors (Lipinski definition) is 3. The van der Waals surface area contributed by atoms with Gasteiger partial charge < -0.3 is 9.88 Å². The zero-order chi connectivity index (χ0) is 17.6. The number of halogens is 1. The molecule has 1 saturated carbocycles. The van der Waals surface area contributed by atoms with Crippen molar-refractivity contribution in [1.82, 2.24) is 9.88 Å². The molecule has 128 valence electrons. The summed E-state index contributed by atoms with van der Waals surface area (Å²) in [6.07, 6.45) is 3.83. The van der Waals surface area contributed by atoms with Crippen LogP contribution < -0.4 is 10.7 Å². The molecule has 4 nitrogen and oxygen atoms in total. The minimum atomic E-state index is -0.347. The highest BCUT2D eigenvalue weighted by Gasteiger charge is 2.28. The second-order valence-electron chi connectivity index (χ2n) is 6.39. The highest BCUT2D eigenvalue weighted by molar-refractivity contribution is 7.22. The van der Waals surface area contributed by atoms with Crippen molar-refractivity contribution in [1.29, 1.82) is 0 Å². The highest BCUT2D eigenvalue weighted by atomic mass is 35.5. The lowest BCUT2D eigenvalue weighted by molar-refractivity contribution is 0.0938. The van der Waals surface area contributed by atoms with Crippen LogP contribution in [-0.4, -0.2) is 10.5 Å². The predicted molar refractivity (Wildman–Crippen MR) is 102 cm³/mol. The summed E-state index contributed by atoms with van der Waals surface area (Å²) >= 11 is 7.50. The van der Waals surface area contributed by atoms with Crippen molar-refractivity contribution < 1.29 is 4.79 Å². The number of benzene rings is 1. The van der Waals surface area contributed by atoms with Gasteiger partial charge in [0.05, 0.1) is 15.8 Å². The maximum Gasteiger partial charge on any atom is 0.257 e. The fraction of sp³-hybridized carbons (Fsp3) is 0.263. The molecule has 1 N–H and O–H groups in total. The molecule has 0 aliphatic heterocycles. The van der Waals surface area contributed by atoms with Gasteiger partial charge in [-0.3, -0.25) is 9.59 Å². The van der Waals surface area contributed by atoms with Crippen LogP contribution in [0.15, 0.2) is 47.4 Å². The van der Waals surface area contributed by atoms with E-state index in [1.54, 1.807) is 12.3 Å². The Morgan fingerprint density at radius 3 is 2.72 bits per heavy atom. The van der Waals surface area contributed by atoms with Crippen LogP contribution >= 0.6 is 22.9 Å². The van der Waals surface area contributed by atoms with E-state index in [-0.39, 0.29) is 22.9 Å². The summed E-state index contributed by atoms with van der Waals surface area (Å²) in [5.41, 5.74) is 0.919. The number of hydrogen-bond donors (Lipinski definition) is 1. The molecule has 2 aromatic heterocycles. The van der Waals surface area contributed by atoms with Gasteiger partial charge in [0.15, 0.2) is 0 Å². The Morgan fingerprint density at radius 2 is 2.04 bits per heavy atom.